The molecule has 0 unspecified atom stereocenters. The molecular weight excluding hydrogens is 300 g/mol. The number of carbonyl (C=O) groups is 1. The fraction of sp³-hybridized carbons (Fsp3) is 0.562. The van der Waals surface area contributed by atoms with E-state index >= 15 is 0 Å². The molecule has 0 bridgehead atoms. The van der Waals surface area contributed by atoms with Crippen molar-refractivity contribution in [1.29, 1.82) is 0 Å². The number of methoxy groups -OCH3 is 3. The van der Waals surface area contributed by atoms with Crippen molar-refractivity contribution < 1.29 is 23.7 Å². The smallest absolute Gasteiger partial charge is 0.319 e. The molecule has 0 aliphatic rings. The highest BCUT2D eigenvalue weighted by molar-refractivity contribution is 5.90. The molecule has 0 saturated heterocycles. The lowest BCUT2D eigenvalue weighted by molar-refractivity contribution is 0.0775. The third-order valence-corrected chi connectivity index (χ3v) is 2.98. The Kier molecular flexibility index (Phi) is 8.04. The Morgan fingerprint density at radius 2 is 1.70 bits per heavy atom. The molecule has 2 N–H and O–H groups in total. The molecule has 0 heterocycles. The molecule has 2 amide bonds. The highest BCUT2D eigenvalue weighted by atomic mass is 16.5. The van der Waals surface area contributed by atoms with Crippen LogP contribution in [0.1, 0.15) is 20.3 Å². The van der Waals surface area contributed by atoms with E-state index in [0.717, 1.165) is 6.42 Å². The predicted molar refractivity (Wildman–Crippen MR) is 88.8 cm³/mol. The summed E-state index contributed by atoms with van der Waals surface area (Å²) in [5.74, 6) is 1.44. The number of ether oxygens (including phenoxy) is 4. The van der Waals surface area contributed by atoms with Gasteiger partial charge in [0.2, 0.25) is 5.75 Å². The fourth-order valence-electron chi connectivity index (χ4n) is 1.92. The van der Waals surface area contributed by atoms with E-state index in [0.29, 0.717) is 36.1 Å². The molecule has 23 heavy (non-hydrogen) atoms. The number of urea groups is 1. The summed E-state index contributed by atoms with van der Waals surface area (Å²) in [6.45, 7) is 5.10. The first-order valence-electron chi connectivity index (χ1n) is 7.48. The van der Waals surface area contributed by atoms with Crippen molar-refractivity contribution in [3.8, 4) is 17.2 Å². The Balaban J connectivity index is 2.57. The monoisotopic (exact) mass is 326 g/mol. The van der Waals surface area contributed by atoms with Gasteiger partial charge in [0.25, 0.3) is 0 Å². The van der Waals surface area contributed by atoms with Gasteiger partial charge in [0, 0.05) is 25.3 Å². The van der Waals surface area contributed by atoms with Crippen LogP contribution in [0.5, 0.6) is 17.2 Å². The van der Waals surface area contributed by atoms with Crippen LogP contribution in [0.15, 0.2) is 12.1 Å². The van der Waals surface area contributed by atoms with Gasteiger partial charge in [0.1, 0.15) is 0 Å². The number of hydrogen-bond acceptors (Lipinski definition) is 5. The maximum Gasteiger partial charge on any atom is 0.319 e. The molecule has 0 saturated carbocycles. The molecule has 130 valence electrons. The standard InChI is InChI=1S/C16H26N2O5/c1-11(2)23-8-6-7-17-16(19)18-12-9-13(20-3)15(22-5)14(10-12)21-4/h9-11H,6-8H2,1-5H3,(H2,17,18,19). The van der Waals surface area contributed by atoms with Crippen molar-refractivity contribution in [2.45, 2.75) is 26.4 Å². The van der Waals surface area contributed by atoms with Gasteiger partial charge in [-0.05, 0) is 20.3 Å². The molecule has 0 fully saturated rings. The summed E-state index contributed by atoms with van der Waals surface area (Å²) in [5, 5.41) is 5.50. The SMILES string of the molecule is COc1cc(NC(=O)NCCCOC(C)C)cc(OC)c1OC. The van der Waals surface area contributed by atoms with Gasteiger partial charge in [-0.15, -0.1) is 0 Å². The number of benzene rings is 1. The second-order valence-corrected chi connectivity index (χ2v) is 5.07. The summed E-state index contributed by atoms with van der Waals surface area (Å²) in [6.07, 6.45) is 0.948. The number of amides is 2. The zero-order valence-corrected chi connectivity index (χ0v) is 14.4. The van der Waals surface area contributed by atoms with Gasteiger partial charge < -0.3 is 29.6 Å². The maximum absolute atomic E-state index is 11.9. The van der Waals surface area contributed by atoms with Crippen LogP contribution in [0.2, 0.25) is 0 Å². The van der Waals surface area contributed by atoms with Crippen molar-refractivity contribution in [2.75, 3.05) is 39.8 Å². The Hall–Kier alpha value is -2.15. The van der Waals surface area contributed by atoms with Crippen LogP contribution in [0.4, 0.5) is 10.5 Å². The minimum Gasteiger partial charge on any atom is -0.493 e. The molecule has 0 aromatic heterocycles. The topological polar surface area (TPSA) is 78.1 Å². The Bertz CT molecular complexity index is 480. The van der Waals surface area contributed by atoms with Gasteiger partial charge in [0.15, 0.2) is 11.5 Å². The third-order valence-electron chi connectivity index (χ3n) is 2.98. The van der Waals surface area contributed by atoms with Gasteiger partial charge in [-0.1, -0.05) is 0 Å². The molecule has 0 radical (unpaired) electrons. The minimum atomic E-state index is -0.302. The number of carbonyl (C=O) groups excluding carboxylic acids is 1. The summed E-state index contributed by atoms with van der Waals surface area (Å²) in [4.78, 5) is 11.9. The van der Waals surface area contributed by atoms with E-state index < -0.39 is 0 Å². The summed E-state index contributed by atoms with van der Waals surface area (Å²) in [5.41, 5.74) is 0.551. The maximum atomic E-state index is 11.9. The van der Waals surface area contributed by atoms with Crippen LogP contribution >= 0.6 is 0 Å². The lowest BCUT2D eigenvalue weighted by atomic mass is 10.2. The zero-order chi connectivity index (χ0) is 17.2. The van der Waals surface area contributed by atoms with Crippen LogP contribution in [-0.4, -0.2) is 46.6 Å². The quantitative estimate of drug-likeness (QED) is 0.682. The second kappa shape index (κ2) is 9.78. The first-order valence-corrected chi connectivity index (χ1v) is 7.48. The lowest BCUT2D eigenvalue weighted by Gasteiger charge is -2.15. The number of anilines is 1. The van der Waals surface area contributed by atoms with Gasteiger partial charge >= 0.3 is 6.03 Å². The Morgan fingerprint density at radius 1 is 1.09 bits per heavy atom. The fourth-order valence-corrected chi connectivity index (χ4v) is 1.92. The van der Waals surface area contributed by atoms with E-state index in [9.17, 15) is 4.79 Å². The predicted octanol–water partition coefficient (Wildman–Crippen LogP) is 2.65. The van der Waals surface area contributed by atoms with Crippen molar-refractivity contribution in [2.24, 2.45) is 0 Å². The molecule has 0 atom stereocenters. The van der Waals surface area contributed by atoms with Gasteiger partial charge in [-0.25, -0.2) is 4.79 Å². The molecule has 1 aromatic carbocycles. The third kappa shape index (κ3) is 6.23. The largest absolute Gasteiger partial charge is 0.493 e. The van der Waals surface area contributed by atoms with Gasteiger partial charge in [-0.3, -0.25) is 0 Å². The molecule has 0 aliphatic heterocycles. The highest BCUT2D eigenvalue weighted by Gasteiger charge is 2.14. The van der Waals surface area contributed by atoms with E-state index in [1.54, 1.807) is 12.1 Å². The van der Waals surface area contributed by atoms with Crippen LogP contribution < -0.4 is 24.8 Å². The molecule has 0 spiro atoms. The van der Waals surface area contributed by atoms with Crippen LogP contribution in [-0.2, 0) is 4.74 Å². The average molecular weight is 326 g/mol. The molecule has 1 rings (SSSR count). The first kappa shape index (κ1) is 18.9. The number of nitrogens with one attached hydrogen (secondary N) is 2. The second-order valence-electron chi connectivity index (χ2n) is 5.07. The van der Waals surface area contributed by atoms with Crippen molar-refractivity contribution in [3.63, 3.8) is 0 Å². The Morgan fingerprint density at radius 3 is 2.17 bits per heavy atom. The minimum absolute atomic E-state index is 0.197. The molecule has 0 aliphatic carbocycles. The van der Waals surface area contributed by atoms with E-state index in [1.165, 1.54) is 21.3 Å². The van der Waals surface area contributed by atoms with Crippen LogP contribution in [0.25, 0.3) is 0 Å². The van der Waals surface area contributed by atoms with E-state index in [-0.39, 0.29) is 12.1 Å². The summed E-state index contributed by atoms with van der Waals surface area (Å²) < 4.78 is 21.1. The van der Waals surface area contributed by atoms with Gasteiger partial charge in [0.05, 0.1) is 33.1 Å². The van der Waals surface area contributed by atoms with E-state index in [2.05, 4.69) is 10.6 Å². The van der Waals surface area contributed by atoms with Crippen LogP contribution in [0.3, 0.4) is 0 Å². The molecular formula is C16H26N2O5. The molecule has 1 aromatic rings. The average Bonchev–Trinajstić information content (AvgIpc) is 2.53. The summed E-state index contributed by atoms with van der Waals surface area (Å²) >= 11 is 0. The van der Waals surface area contributed by atoms with Crippen LogP contribution in [0, 0.1) is 0 Å². The van der Waals surface area contributed by atoms with E-state index in [1.807, 2.05) is 13.8 Å². The Labute approximate surface area is 137 Å². The van der Waals surface area contributed by atoms with Crippen molar-refractivity contribution in [1.82, 2.24) is 5.32 Å². The summed E-state index contributed by atoms with van der Waals surface area (Å²) in [6, 6.07) is 3.04. The molecule has 7 heteroatoms. The normalized spacial score (nSPS) is 10.3. The lowest BCUT2D eigenvalue weighted by Crippen LogP contribution is -2.30. The number of rotatable bonds is 9. The highest BCUT2D eigenvalue weighted by Crippen LogP contribution is 2.39. The summed E-state index contributed by atoms with van der Waals surface area (Å²) in [7, 11) is 4.57. The molecule has 7 nitrogen and oxygen atoms in total. The van der Waals surface area contributed by atoms with Crippen molar-refractivity contribution >= 4 is 11.7 Å². The van der Waals surface area contributed by atoms with E-state index in [4.69, 9.17) is 18.9 Å². The number of hydrogen-bond donors (Lipinski definition) is 2. The van der Waals surface area contributed by atoms with Gasteiger partial charge in [-0.2, -0.15) is 0 Å². The first-order chi connectivity index (χ1) is 11.0. The van der Waals surface area contributed by atoms with Crippen molar-refractivity contribution in [3.05, 3.63) is 12.1 Å². The zero-order valence-electron chi connectivity index (χ0n) is 14.4.